The number of benzene rings is 1. The van der Waals surface area contributed by atoms with E-state index < -0.39 is 11.9 Å². The van der Waals surface area contributed by atoms with E-state index in [9.17, 15) is 19.2 Å². The molecule has 2 aromatic rings. The molecule has 140 valence electrons. The van der Waals surface area contributed by atoms with Crippen molar-refractivity contribution in [1.29, 1.82) is 0 Å². The van der Waals surface area contributed by atoms with E-state index in [1.807, 2.05) is 0 Å². The van der Waals surface area contributed by atoms with Gasteiger partial charge in [0.05, 0.1) is 23.4 Å². The van der Waals surface area contributed by atoms with E-state index in [2.05, 4.69) is 20.9 Å². The number of rotatable bonds is 6. The number of anilines is 2. The van der Waals surface area contributed by atoms with Crippen molar-refractivity contribution in [2.24, 2.45) is 5.73 Å². The van der Waals surface area contributed by atoms with Gasteiger partial charge in [-0.1, -0.05) is 12.1 Å². The van der Waals surface area contributed by atoms with Crippen molar-refractivity contribution in [3.8, 4) is 0 Å². The maximum atomic E-state index is 12.2. The Kier molecular flexibility index (Phi) is 5.46. The zero-order valence-corrected chi connectivity index (χ0v) is 15.0. The Balaban J connectivity index is 1.57. The highest BCUT2D eigenvalue weighted by molar-refractivity contribution is 7.13. The van der Waals surface area contributed by atoms with Crippen LogP contribution in [0.1, 0.15) is 28.9 Å². The van der Waals surface area contributed by atoms with Crippen molar-refractivity contribution in [3.63, 3.8) is 0 Å². The average molecular weight is 387 g/mol. The van der Waals surface area contributed by atoms with Crippen LogP contribution in [0.3, 0.4) is 0 Å². The Hall–Kier alpha value is -3.27. The second-order valence-electron chi connectivity index (χ2n) is 5.93. The van der Waals surface area contributed by atoms with Crippen LogP contribution in [0.4, 0.5) is 10.8 Å². The molecule has 1 atom stereocenters. The molecule has 4 amide bonds. The average Bonchev–Trinajstić information content (AvgIpc) is 3.24. The first kappa shape index (κ1) is 18.5. The molecule has 1 aromatic carbocycles. The summed E-state index contributed by atoms with van der Waals surface area (Å²) >= 11 is 1.18. The van der Waals surface area contributed by atoms with E-state index in [-0.39, 0.29) is 29.7 Å². The summed E-state index contributed by atoms with van der Waals surface area (Å²) in [6.07, 6.45) is 0.748. The van der Waals surface area contributed by atoms with Gasteiger partial charge in [0.1, 0.15) is 6.04 Å². The molecule has 27 heavy (non-hydrogen) atoms. The smallest absolute Gasteiger partial charge is 0.250 e. The minimum Gasteiger partial charge on any atom is -0.366 e. The minimum atomic E-state index is -0.636. The van der Waals surface area contributed by atoms with E-state index in [1.54, 1.807) is 23.6 Å². The second-order valence-corrected chi connectivity index (χ2v) is 6.78. The van der Waals surface area contributed by atoms with E-state index in [4.69, 9.17) is 5.73 Å². The van der Waals surface area contributed by atoms with Crippen molar-refractivity contribution in [1.82, 2.24) is 10.3 Å². The van der Waals surface area contributed by atoms with Crippen molar-refractivity contribution < 1.29 is 19.2 Å². The monoisotopic (exact) mass is 387 g/mol. The van der Waals surface area contributed by atoms with Crippen LogP contribution in [0.15, 0.2) is 29.6 Å². The number of hydrogen-bond acceptors (Lipinski definition) is 6. The Bertz CT molecular complexity index is 910. The summed E-state index contributed by atoms with van der Waals surface area (Å²) in [7, 11) is 0. The molecule has 0 saturated carbocycles. The predicted molar refractivity (Wildman–Crippen MR) is 99.2 cm³/mol. The molecule has 3 rings (SSSR count). The van der Waals surface area contributed by atoms with Crippen molar-refractivity contribution in [3.05, 3.63) is 40.9 Å². The van der Waals surface area contributed by atoms with Gasteiger partial charge >= 0.3 is 0 Å². The molecular formula is C17H17N5O4S. The molecule has 1 aliphatic heterocycles. The maximum Gasteiger partial charge on any atom is 0.250 e. The topological polar surface area (TPSA) is 143 Å². The van der Waals surface area contributed by atoms with Gasteiger partial charge in [0.2, 0.25) is 17.7 Å². The first-order valence-corrected chi connectivity index (χ1v) is 9.03. The van der Waals surface area contributed by atoms with Gasteiger partial charge < -0.3 is 21.7 Å². The Morgan fingerprint density at radius 1 is 1.26 bits per heavy atom. The summed E-state index contributed by atoms with van der Waals surface area (Å²) in [5, 5.41) is 9.85. The van der Waals surface area contributed by atoms with Crippen LogP contribution in [0.2, 0.25) is 0 Å². The lowest BCUT2D eigenvalue weighted by Crippen LogP contribution is -2.37. The summed E-state index contributed by atoms with van der Waals surface area (Å²) in [6.45, 7) is 0. The van der Waals surface area contributed by atoms with Gasteiger partial charge in [-0.15, -0.1) is 11.3 Å². The summed E-state index contributed by atoms with van der Waals surface area (Å²) in [4.78, 5) is 51.0. The maximum absolute atomic E-state index is 12.2. The summed E-state index contributed by atoms with van der Waals surface area (Å²) in [6, 6.07) is 5.88. The molecule has 1 saturated heterocycles. The largest absolute Gasteiger partial charge is 0.366 e. The molecule has 2 heterocycles. The predicted octanol–water partition coefficient (Wildman–Crippen LogP) is 0.640. The number of nitrogens with one attached hydrogen (secondary N) is 3. The number of nitrogens with zero attached hydrogens (tertiary/aromatic N) is 1. The fraction of sp³-hybridized carbons (Fsp3) is 0.235. The van der Waals surface area contributed by atoms with Crippen LogP contribution in [-0.2, 0) is 20.8 Å². The SMILES string of the molecule is NC(=O)c1ccccc1NC(=O)Cc1csc(NC(=O)C2CCC(=O)N2)n1. The molecule has 9 nitrogen and oxygen atoms in total. The van der Waals surface area contributed by atoms with Gasteiger partial charge in [0, 0.05) is 11.8 Å². The third-order valence-corrected chi connectivity index (χ3v) is 4.71. The molecule has 1 aromatic heterocycles. The minimum absolute atomic E-state index is 0.0281. The lowest BCUT2D eigenvalue weighted by Gasteiger charge is -2.08. The third-order valence-electron chi connectivity index (χ3n) is 3.90. The standard InChI is InChI=1S/C17H17N5O4S/c18-15(25)10-3-1-2-4-11(10)20-14(24)7-9-8-27-17(19-9)22-16(26)12-5-6-13(23)21-12/h1-4,8,12H,5-7H2,(H2,18,25)(H,20,24)(H,21,23)(H,19,22,26). The Morgan fingerprint density at radius 3 is 2.74 bits per heavy atom. The van der Waals surface area contributed by atoms with Crippen molar-refractivity contribution in [2.75, 3.05) is 10.6 Å². The number of primary amides is 1. The Labute approximate surface area is 158 Å². The zero-order valence-electron chi connectivity index (χ0n) is 14.2. The molecule has 0 aliphatic carbocycles. The first-order valence-electron chi connectivity index (χ1n) is 8.15. The summed E-state index contributed by atoms with van der Waals surface area (Å²) < 4.78 is 0. The Morgan fingerprint density at radius 2 is 2.04 bits per heavy atom. The molecule has 1 fully saturated rings. The van der Waals surface area contributed by atoms with Gasteiger partial charge in [-0.25, -0.2) is 4.98 Å². The lowest BCUT2D eigenvalue weighted by atomic mass is 10.1. The molecular weight excluding hydrogens is 370 g/mol. The fourth-order valence-electron chi connectivity index (χ4n) is 2.61. The first-order chi connectivity index (χ1) is 12.9. The van der Waals surface area contributed by atoms with Crippen LogP contribution in [-0.4, -0.2) is 34.7 Å². The highest BCUT2D eigenvalue weighted by Crippen LogP contribution is 2.19. The van der Waals surface area contributed by atoms with Gasteiger partial charge in [0.15, 0.2) is 5.13 Å². The van der Waals surface area contributed by atoms with E-state index >= 15 is 0 Å². The normalized spacial score (nSPS) is 15.9. The summed E-state index contributed by atoms with van der Waals surface area (Å²) in [5.41, 5.74) is 6.31. The number of hydrogen-bond donors (Lipinski definition) is 4. The molecule has 1 aliphatic rings. The number of para-hydroxylation sites is 1. The van der Waals surface area contributed by atoms with Gasteiger partial charge in [-0.05, 0) is 18.6 Å². The highest BCUT2D eigenvalue weighted by Gasteiger charge is 2.27. The van der Waals surface area contributed by atoms with Crippen LogP contribution >= 0.6 is 11.3 Å². The van der Waals surface area contributed by atoms with E-state index in [0.717, 1.165) is 0 Å². The lowest BCUT2D eigenvalue weighted by molar-refractivity contribution is -0.122. The van der Waals surface area contributed by atoms with Gasteiger partial charge in [0.25, 0.3) is 5.91 Å². The van der Waals surface area contributed by atoms with Gasteiger partial charge in [-0.2, -0.15) is 0 Å². The molecule has 0 bridgehead atoms. The quantitative estimate of drug-likeness (QED) is 0.575. The van der Waals surface area contributed by atoms with Crippen LogP contribution < -0.4 is 21.7 Å². The molecule has 0 radical (unpaired) electrons. The molecule has 1 unspecified atom stereocenters. The zero-order chi connectivity index (χ0) is 19.4. The number of nitrogens with two attached hydrogens (primary N) is 1. The molecule has 10 heteroatoms. The molecule has 0 spiro atoms. The summed E-state index contributed by atoms with van der Waals surface area (Å²) in [5.74, 6) is -1.48. The number of aromatic nitrogens is 1. The van der Waals surface area contributed by atoms with E-state index in [0.29, 0.717) is 29.4 Å². The van der Waals surface area contributed by atoms with Crippen molar-refractivity contribution >= 4 is 45.8 Å². The third kappa shape index (κ3) is 4.67. The number of thiazole rings is 1. The number of carbonyl (C=O) groups excluding carboxylic acids is 4. The van der Waals surface area contributed by atoms with Crippen molar-refractivity contribution in [2.45, 2.75) is 25.3 Å². The second kappa shape index (κ2) is 7.96. The van der Waals surface area contributed by atoms with Crippen LogP contribution in [0, 0.1) is 0 Å². The number of amides is 4. The van der Waals surface area contributed by atoms with Gasteiger partial charge in [-0.3, -0.25) is 19.2 Å². The van der Waals surface area contributed by atoms with Crippen LogP contribution in [0.5, 0.6) is 0 Å². The highest BCUT2D eigenvalue weighted by atomic mass is 32.1. The fourth-order valence-corrected chi connectivity index (χ4v) is 3.33. The molecule has 5 N–H and O–H groups in total. The van der Waals surface area contributed by atoms with Crippen LogP contribution in [0.25, 0.3) is 0 Å². The van der Waals surface area contributed by atoms with E-state index in [1.165, 1.54) is 17.4 Å². The number of carbonyl (C=O) groups is 4.